The highest BCUT2D eigenvalue weighted by Gasteiger charge is 2.17. The number of nitro benzene ring substituents is 1. The summed E-state index contributed by atoms with van der Waals surface area (Å²) in [6.07, 6.45) is 1.55. The van der Waals surface area contributed by atoms with Crippen LogP contribution >= 0.6 is 31.9 Å². The lowest BCUT2D eigenvalue weighted by Gasteiger charge is -2.09. The molecule has 0 aliphatic rings. The predicted molar refractivity (Wildman–Crippen MR) is 85.4 cm³/mol. The van der Waals surface area contributed by atoms with Crippen LogP contribution in [0.2, 0.25) is 0 Å². The number of aromatic nitrogens is 1. The fraction of sp³-hybridized carbons (Fsp3) is 0.0769. The molecule has 0 atom stereocenters. The third kappa shape index (κ3) is 3.45. The highest BCUT2D eigenvalue weighted by molar-refractivity contribution is 9.10. The first-order valence-electron chi connectivity index (χ1n) is 5.76. The number of carbonyl (C=O) groups is 1. The van der Waals surface area contributed by atoms with E-state index in [4.69, 9.17) is 0 Å². The molecule has 0 saturated carbocycles. The van der Waals surface area contributed by atoms with Crippen LogP contribution in [0.4, 0.5) is 11.4 Å². The topological polar surface area (TPSA) is 85.1 Å². The minimum atomic E-state index is -0.489. The minimum Gasteiger partial charge on any atom is -0.321 e. The molecule has 2 aromatic rings. The fourth-order valence-electron chi connectivity index (χ4n) is 1.70. The second-order valence-electron chi connectivity index (χ2n) is 4.17. The number of hydrogen-bond donors (Lipinski definition) is 1. The van der Waals surface area contributed by atoms with Crippen LogP contribution in [0.1, 0.15) is 15.9 Å². The number of aryl methyl sites for hydroxylation is 1. The van der Waals surface area contributed by atoms with Gasteiger partial charge in [-0.15, -0.1) is 0 Å². The van der Waals surface area contributed by atoms with Crippen molar-refractivity contribution >= 4 is 49.1 Å². The molecule has 6 nitrogen and oxygen atoms in total. The van der Waals surface area contributed by atoms with Crippen LogP contribution in [0.25, 0.3) is 0 Å². The van der Waals surface area contributed by atoms with E-state index in [-0.39, 0.29) is 5.69 Å². The lowest BCUT2D eigenvalue weighted by atomic mass is 10.1. The molecule has 0 fully saturated rings. The molecule has 1 aromatic heterocycles. The molecular weight excluding hydrogens is 406 g/mol. The van der Waals surface area contributed by atoms with Crippen LogP contribution in [0.3, 0.4) is 0 Å². The molecule has 8 heteroatoms. The standard InChI is InChI=1S/C13H9Br2N3O3/c1-7-5-9(14)10(6-11(7)18(20)21)17-13(19)8-3-2-4-16-12(8)15/h2-6H,1H3,(H,17,19). The zero-order valence-electron chi connectivity index (χ0n) is 10.8. The van der Waals surface area contributed by atoms with E-state index in [1.54, 1.807) is 31.3 Å². The predicted octanol–water partition coefficient (Wildman–Crippen LogP) is 4.08. The van der Waals surface area contributed by atoms with Crippen LogP contribution in [0.5, 0.6) is 0 Å². The maximum absolute atomic E-state index is 12.2. The van der Waals surface area contributed by atoms with Crippen LogP contribution in [-0.4, -0.2) is 15.8 Å². The average Bonchev–Trinajstić information content (AvgIpc) is 2.41. The molecule has 0 saturated heterocycles. The molecular formula is C13H9Br2N3O3. The van der Waals surface area contributed by atoms with Gasteiger partial charge in [-0.2, -0.15) is 0 Å². The summed E-state index contributed by atoms with van der Waals surface area (Å²) in [6, 6.07) is 6.14. The summed E-state index contributed by atoms with van der Waals surface area (Å²) in [7, 11) is 0. The first-order chi connectivity index (χ1) is 9.90. The lowest BCUT2D eigenvalue weighted by Crippen LogP contribution is -2.13. The number of benzene rings is 1. The minimum absolute atomic E-state index is 0.0567. The number of amides is 1. The van der Waals surface area contributed by atoms with Crippen molar-refractivity contribution in [1.82, 2.24) is 4.98 Å². The van der Waals surface area contributed by atoms with Crippen LogP contribution in [0.15, 0.2) is 39.5 Å². The Bertz CT molecular complexity index is 735. The molecule has 0 radical (unpaired) electrons. The number of nitrogens with zero attached hydrogens (tertiary/aromatic N) is 2. The number of rotatable bonds is 3. The molecule has 1 heterocycles. The third-order valence-electron chi connectivity index (χ3n) is 2.73. The highest BCUT2D eigenvalue weighted by Crippen LogP contribution is 2.31. The van der Waals surface area contributed by atoms with E-state index in [1.165, 1.54) is 6.07 Å². The number of nitrogens with one attached hydrogen (secondary N) is 1. The summed E-state index contributed by atoms with van der Waals surface area (Å²) in [5.74, 6) is -0.408. The van der Waals surface area contributed by atoms with Gasteiger partial charge in [-0.25, -0.2) is 4.98 Å². The number of carbonyl (C=O) groups excluding carboxylic acids is 1. The second kappa shape index (κ2) is 6.31. The molecule has 0 unspecified atom stereocenters. The molecule has 1 N–H and O–H groups in total. The summed E-state index contributed by atoms with van der Waals surface area (Å²) in [6.45, 7) is 1.63. The number of anilines is 1. The SMILES string of the molecule is Cc1cc(Br)c(NC(=O)c2cccnc2Br)cc1[N+](=O)[O-]. The maximum atomic E-state index is 12.2. The van der Waals surface area contributed by atoms with Gasteiger partial charge in [0, 0.05) is 22.3 Å². The van der Waals surface area contributed by atoms with Gasteiger partial charge in [-0.3, -0.25) is 14.9 Å². The first kappa shape index (κ1) is 15.6. The monoisotopic (exact) mass is 413 g/mol. The summed E-state index contributed by atoms with van der Waals surface area (Å²) in [5, 5.41) is 13.6. The van der Waals surface area contributed by atoms with Gasteiger partial charge in [0.05, 0.1) is 16.2 Å². The molecule has 0 aliphatic carbocycles. The van der Waals surface area contributed by atoms with Crippen LogP contribution in [0, 0.1) is 17.0 Å². The molecule has 21 heavy (non-hydrogen) atoms. The van der Waals surface area contributed by atoms with Crippen molar-refractivity contribution in [2.45, 2.75) is 6.92 Å². The summed E-state index contributed by atoms with van der Waals surface area (Å²) in [5.41, 5.74) is 1.12. The van der Waals surface area contributed by atoms with E-state index in [9.17, 15) is 14.9 Å². The Hall–Kier alpha value is -1.80. The molecule has 1 aromatic carbocycles. The van der Waals surface area contributed by atoms with Gasteiger partial charge in [0.25, 0.3) is 11.6 Å². The third-order valence-corrected chi connectivity index (χ3v) is 4.02. The normalized spacial score (nSPS) is 10.2. The van der Waals surface area contributed by atoms with Crippen LogP contribution in [-0.2, 0) is 0 Å². The zero-order valence-corrected chi connectivity index (χ0v) is 13.9. The Balaban J connectivity index is 2.36. The Morgan fingerprint density at radius 2 is 2.10 bits per heavy atom. The van der Waals surface area contributed by atoms with Gasteiger partial charge in [0.1, 0.15) is 4.60 Å². The maximum Gasteiger partial charge on any atom is 0.274 e. The molecule has 1 amide bonds. The van der Waals surface area contributed by atoms with E-state index < -0.39 is 10.8 Å². The van der Waals surface area contributed by atoms with Gasteiger partial charge in [0.2, 0.25) is 0 Å². The lowest BCUT2D eigenvalue weighted by molar-refractivity contribution is -0.385. The van der Waals surface area contributed by atoms with E-state index in [0.717, 1.165) is 0 Å². The number of hydrogen-bond acceptors (Lipinski definition) is 4. The molecule has 2 rings (SSSR count). The van der Waals surface area contributed by atoms with Gasteiger partial charge in [-0.1, -0.05) is 0 Å². The van der Waals surface area contributed by atoms with Crippen molar-refractivity contribution in [2.75, 3.05) is 5.32 Å². The quantitative estimate of drug-likeness (QED) is 0.465. The van der Waals surface area contributed by atoms with Gasteiger partial charge >= 0.3 is 0 Å². The fourth-order valence-corrected chi connectivity index (χ4v) is 2.69. The van der Waals surface area contributed by atoms with Gasteiger partial charge in [0.15, 0.2) is 0 Å². The van der Waals surface area contributed by atoms with Crippen molar-refractivity contribution < 1.29 is 9.72 Å². The van der Waals surface area contributed by atoms with Gasteiger partial charge < -0.3 is 5.32 Å². The van der Waals surface area contributed by atoms with E-state index in [0.29, 0.717) is 25.9 Å². The Kier molecular flexibility index (Phi) is 4.69. The Morgan fingerprint density at radius 3 is 2.71 bits per heavy atom. The van der Waals surface area contributed by atoms with E-state index in [1.807, 2.05) is 0 Å². The van der Waals surface area contributed by atoms with Crippen molar-refractivity contribution in [3.05, 3.63) is 60.8 Å². The Morgan fingerprint density at radius 1 is 1.38 bits per heavy atom. The van der Waals surface area contributed by atoms with Crippen molar-refractivity contribution in [3.8, 4) is 0 Å². The second-order valence-corrected chi connectivity index (χ2v) is 5.78. The van der Waals surface area contributed by atoms with E-state index in [2.05, 4.69) is 42.2 Å². The number of pyridine rings is 1. The number of halogens is 2. The average molecular weight is 415 g/mol. The molecule has 0 spiro atoms. The van der Waals surface area contributed by atoms with Gasteiger partial charge in [-0.05, 0) is 57.0 Å². The molecule has 0 bridgehead atoms. The van der Waals surface area contributed by atoms with Crippen molar-refractivity contribution in [1.29, 1.82) is 0 Å². The molecule has 0 aliphatic heterocycles. The highest BCUT2D eigenvalue weighted by atomic mass is 79.9. The summed E-state index contributed by atoms with van der Waals surface area (Å²) >= 11 is 6.47. The Labute approximate surface area is 137 Å². The molecule has 108 valence electrons. The summed E-state index contributed by atoms with van der Waals surface area (Å²) < 4.78 is 0.971. The van der Waals surface area contributed by atoms with E-state index >= 15 is 0 Å². The van der Waals surface area contributed by atoms with Crippen LogP contribution < -0.4 is 5.32 Å². The largest absolute Gasteiger partial charge is 0.321 e. The smallest absolute Gasteiger partial charge is 0.274 e. The van der Waals surface area contributed by atoms with Crippen molar-refractivity contribution in [2.24, 2.45) is 0 Å². The summed E-state index contributed by atoms with van der Waals surface area (Å²) in [4.78, 5) is 26.6. The first-order valence-corrected chi connectivity index (χ1v) is 7.35. The zero-order chi connectivity index (χ0) is 15.6. The number of nitro groups is 1. The van der Waals surface area contributed by atoms with Crippen molar-refractivity contribution in [3.63, 3.8) is 0 Å².